The predicted molar refractivity (Wildman–Crippen MR) is 105 cm³/mol. The zero-order valence-corrected chi connectivity index (χ0v) is 14.5. The molecule has 0 heterocycles. The molecule has 1 atom stereocenters. The van der Waals surface area contributed by atoms with Crippen molar-refractivity contribution in [3.63, 3.8) is 0 Å². The standard InChI is InChI=1S/C23H20O3/c1-16(24)23(25-21-14-6-10-17-8-2-4-12-19(17)21)26-22-15-7-11-18-9-3-5-13-20(18)22/h2-16,23-24H,1H3. The van der Waals surface area contributed by atoms with Crippen molar-refractivity contribution in [1.82, 2.24) is 0 Å². The summed E-state index contributed by atoms with van der Waals surface area (Å²) in [6.45, 7) is 1.67. The third-order valence-corrected chi connectivity index (χ3v) is 4.38. The maximum absolute atomic E-state index is 10.2. The molecule has 0 aliphatic carbocycles. The van der Waals surface area contributed by atoms with Crippen molar-refractivity contribution >= 4 is 21.5 Å². The number of fused-ring (bicyclic) bond motifs is 2. The summed E-state index contributed by atoms with van der Waals surface area (Å²) in [5.41, 5.74) is 0. The highest BCUT2D eigenvalue weighted by atomic mass is 16.7. The zero-order valence-electron chi connectivity index (χ0n) is 14.5. The minimum Gasteiger partial charge on any atom is -0.451 e. The first kappa shape index (κ1) is 16.4. The molecule has 0 aliphatic rings. The molecular weight excluding hydrogens is 324 g/mol. The Hall–Kier alpha value is -3.04. The second-order valence-corrected chi connectivity index (χ2v) is 6.30. The Labute approximate surface area is 152 Å². The van der Waals surface area contributed by atoms with E-state index < -0.39 is 12.4 Å². The van der Waals surface area contributed by atoms with Crippen LogP contribution in [0.3, 0.4) is 0 Å². The third kappa shape index (κ3) is 3.22. The van der Waals surface area contributed by atoms with E-state index in [0.717, 1.165) is 21.5 Å². The van der Waals surface area contributed by atoms with Crippen LogP contribution in [0.2, 0.25) is 0 Å². The van der Waals surface area contributed by atoms with E-state index in [1.807, 2.05) is 84.9 Å². The number of hydrogen-bond donors (Lipinski definition) is 1. The van der Waals surface area contributed by atoms with Crippen LogP contribution in [0.25, 0.3) is 21.5 Å². The van der Waals surface area contributed by atoms with Crippen molar-refractivity contribution in [3.05, 3.63) is 84.9 Å². The van der Waals surface area contributed by atoms with Crippen LogP contribution in [0.5, 0.6) is 11.5 Å². The summed E-state index contributed by atoms with van der Waals surface area (Å²) in [5, 5.41) is 14.4. The Balaban J connectivity index is 1.68. The summed E-state index contributed by atoms with van der Waals surface area (Å²) < 4.78 is 12.1. The first-order valence-corrected chi connectivity index (χ1v) is 8.69. The van der Waals surface area contributed by atoms with Crippen molar-refractivity contribution in [2.24, 2.45) is 0 Å². The fourth-order valence-electron chi connectivity index (χ4n) is 3.07. The van der Waals surface area contributed by atoms with Gasteiger partial charge < -0.3 is 14.6 Å². The lowest BCUT2D eigenvalue weighted by molar-refractivity contribution is -0.0762. The number of benzene rings is 4. The van der Waals surface area contributed by atoms with Gasteiger partial charge in [-0.25, -0.2) is 0 Å². The molecular formula is C23H20O3. The van der Waals surface area contributed by atoms with Crippen LogP contribution >= 0.6 is 0 Å². The van der Waals surface area contributed by atoms with Gasteiger partial charge in [0.25, 0.3) is 6.29 Å². The molecule has 3 nitrogen and oxygen atoms in total. The second-order valence-electron chi connectivity index (χ2n) is 6.30. The van der Waals surface area contributed by atoms with Gasteiger partial charge in [0.1, 0.15) is 17.6 Å². The number of hydrogen-bond acceptors (Lipinski definition) is 3. The molecule has 0 bridgehead atoms. The van der Waals surface area contributed by atoms with Gasteiger partial charge in [-0.3, -0.25) is 0 Å². The van der Waals surface area contributed by atoms with Gasteiger partial charge in [-0.1, -0.05) is 72.8 Å². The van der Waals surface area contributed by atoms with Gasteiger partial charge in [0.15, 0.2) is 0 Å². The van der Waals surface area contributed by atoms with E-state index in [2.05, 4.69) is 0 Å². The fraction of sp³-hybridized carbons (Fsp3) is 0.130. The summed E-state index contributed by atoms with van der Waals surface area (Å²) in [6.07, 6.45) is -1.61. The maximum atomic E-state index is 10.2. The second kappa shape index (κ2) is 7.06. The first-order valence-electron chi connectivity index (χ1n) is 8.69. The summed E-state index contributed by atoms with van der Waals surface area (Å²) in [5.74, 6) is 1.38. The lowest BCUT2D eigenvalue weighted by atomic mass is 10.1. The van der Waals surface area contributed by atoms with Crippen molar-refractivity contribution in [2.75, 3.05) is 0 Å². The Morgan fingerprint density at radius 1 is 0.615 bits per heavy atom. The maximum Gasteiger partial charge on any atom is 0.266 e. The Morgan fingerprint density at radius 2 is 1.04 bits per heavy atom. The van der Waals surface area contributed by atoms with E-state index in [0.29, 0.717) is 11.5 Å². The predicted octanol–water partition coefficient (Wildman–Crippen LogP) is 5.16. The van der Waals surface area contributed by atoms with E-state index >= 15 is 0 Å². The highest BCUT2D eigenvalue weighted by Crippen LogP contribution is 2.30. The highest BCUT2D eigenvalue weighted by molar-refractivity contribution is 5.89. The molecule has 0 aromatic heterocycles. The Bertz CT molecular complexity index is 948. The molecule has 26 heavy (non-hydrogen) atoms. The number of ether oxygens (including phenoxy) is 2. The summed E-state index contributed by atoms with van der Waals surface area (Å²) in [6, 6.07) is 27.7. The van der Waals surface area contributed by atoms with Gasteiger partial charge in [-0.05, 0) is 29.8 Å². The molecule has 0 radical (unpaired) electrons. The van der Waals surface area contributed by atoms with Crippen LogP contribution in [0.1, 0.15) is 6.92 Å². The van der Waals surface area contributed by atoms with E-state index in [-0.39, 0.29) is 0 Å². The third-order valence-electron chi connectivity index (χ3n) is 4.38. The summed E-state index contributed by atoms with van der Waals surface area (Å²) in [4.78, 5) is 0. The van der Waals surface area contributed by atoms with Gasteiger partial charge in [0.05, 0.1) is 0 Å². The van der Waals surface area contributed by atoms with E-state index in [9.17, 15) is 5.11 Å². The van der Waals surface area contributed by atoms with E-state index in [1.54, 1.807) is 6.92 Å². The van der Waals surface area contributed by atoms with E-state index in [4.69, 9.17) is 9.47 Å². The molecule has 130 valence electrons. The van der Waals surface area contributed by atoms with Crippen LogP contribution in [0.15, 0.2) is 84.9 Å². The quantitative estimate of drug-likeness (QED) is 0.508. The molecule has 0 fully saturated rings. The number of aliphatic hydroxyl groups excluding tert-OH is 1. The van der Waals surface area contributed by atoms with Gasteiger partial charge in [-0.15, -0.1) is 0 Å². The van der Waals surface area contributed by atoms with Crippen LogP contribution in [0, 0.1) is 0 Å². The topological polar surface area (TPSA) is 38.7 Å². The number of rotatable bonds is 5. The highest BCUT2D eigenvalue weighted by Gasteiger charge is 2.21. The first-order chi connectivity index (χ1) is 12.7. The average molecular weight is 344 g/mol. The molecule has 3 heteroatoms. The molecule has 4 aromatic rings. The molecule has 1 N–H and O–H groups in total. The minimum atomic E-state index is -0.813. The summed E-state index contributed by atoms with van der Waals surface area (Å²) >= 11 is 0. The van der Waals surface area contributed by atoms with Gasteiger partial charge in [0.2, 0.25) is 0 Å². The van der Waals surface area contributed by atoms with Gasteiger partial charge in [0, 0.05) is 10.8 Å². The lowest BCUT2D eigenvalue weighted by Gasteiger charge is -2.24. The van der Waals surface area contributed by atoms with Crippen molar-refractivity contribution < 1.29 is 14.6 Å². The van der Waals surface area contributed by atoms with Crippen LogP contribution in [-0.4, -0.2) is 17.5 Å². The van der Waals surface area contributed by atoms with Crippen LogP contribution < -0.4 is 9.47 Å². The summed E-state index contributed by atoms with van der Waals surface area (Å²) in [7, 11) is 0. The molecule has 0 saturated carbocycles. The van der Waals surface area contributed by atoms with Crippen molar-refractivity contribution in [2.45, 2.75) is 19.3 Å². The minimum absolute atomic E-state index is 0.689. The normalized spacial score (nSPS) is 12.4. The molecule has 0 aliphatic heterocycles. The molecule has 0 saturated heterocycles. The molecule has 1 unspecified atom stereocenters. The molecule has 4 aromatic carbocycles. The monoisotopic (exact) mass is 344 g/mol. The van der Waals surface area contributed by atoms with Crippen molar-refractivity contribution in [1.29, 1.82) is 0 Å². The average Bonchev–Trinajstić information content (AvgIpc) is 2.68. The SMILES string of the molecule is CC(O)C(Oc1cccc2ccccc12)Oc1cccc2ccccc12. The van der Waals surface area contributed by atoms with E-state index in [1.165, 1.54) is 0 Å². The lowest BCUT2D eigenvalue weighted by Crippen LogP contribution is -2.35. The molecule has 0 spiro atoms. The largest absolute Gasteiger partial charge is 0.451 e. The van der Waals surface area contributed by atoms with Crippen LogP contribution in [0.4, 0.5) is 0 Å². The Morgan fingerprint density at radius 3 is 1.50 bits per heavy atom. The van der Waals surface area contributed by atoms with Gasteiger partial charge in [-0.2, -0.15) is 0 Å². The van der Waals surface area contributed by atoms with Gasteiger partial charge >= 0.3 is 0 Å². The Kier molecular flexibility index (Phi) is 4.46. The zero-order chi connectivity index (χ0) is 17.9. The fourth-order valence-corrected chi connectivity index (χ4v) is 3.07. The molecule has 0 amide bonds. The molecule has 4 rings (SSSR count). The van der Waals surface area contributed by atoms with Crippen LogP contribution in [-0.2, 0) is 0 Å². The number of aliphatic hydroxyl groups is 1. The van der Waals surface area contributed by atoms with Crippen molar-refractivity contribution in [3.8, 4) is 11.5 Å². The smallest absolute Gasteiger partial charge is 0.266 e.